The first-order chi connectivity index (χ1) is 17.6. The normalized spacial score (nSPS) is 16.1. The minimum Gasteiger partial charge on any atom is -0.478 e. The fourth-order valence-corrected chi connectivity index (χ4v) is 5.24. The van der Waals surface area contributed by atoms with Gasteiger partial charge in [-0.1, -0.05) is 0 Å². The Morgan fingerprint density at radius 3 is 2.27 bits per heavy atom. The van der Waals surface area contributed by atoms with Crippen molar-refractivity contribution < 1.29 is 28.3 Å². The molecule has 2 heterocycles. The molecule has 9 heteroatoms. The van der Waals surface area contributed by atoms with Gasteiger partial charge in [-0.05, 0) is 80.3 Å². The smallest absolute Gasteiger partial charge is 0.336 e. The van der Waals surface area contributed by atoms with Crippen LogP contribution in [0.1, 0.15) is 55.0 Å². The zero-order chi connectivity index (χ0) is 26.5. The van der Waals surface area contributed by atoms with E-state index in [0.717, 1.165) is 25.0 Å². The molecule has 2 amide bonds. The fourth-order valence-electron chi connectivity index (χ4n) is 5.24. The molecule has 2 fully saturated rings. The summed E-state index contributed by atoms with van der Waals surface area (Å²) in [5.74, 6) is -3.50. The summed E-state index contributed by atoms with van der Waals surface area (Å²) in [6, 6.07) is 9.85. The van der Waals surface area contributed by atoms with E-state index in [-0.39, 0.29) is 28.6 Å². The van der Waals surface area contributed by atoms with E-state index in [9.17, 15) is 28.3 Å². The summed E-state index contributed by atoms with van der Waals surface area (Å²) < 4.78 is 27.3. The van der Waals surface area contributed by atoms with Gasteiger partial charge in [-0.3, -0.25) is 14.6 Å². The number of carbonyl (C=O) groups excluding carboxylic acids is 2. The first-order valence-corrected chi connectivity index (χ1v) is 12.0. The summed E-state index contributed by atoms with van der Waals surface area (Å²) in [6.45, 7) is 4.31. The number of carbonyl (C=O) groups is 3. The predicted octanol–water partition coefficient (Wildman–Crippen LogP) is 4.47. The second kappa shape index (κ2) is 9.06. The summed E-state index contributed by atoms with van der Waals surface area (Å²) in [6.07, 6.45) is 2.99. The van der Waals surface area contributed by atoms with Gasteiger partial charge in [0.2, 0.25) is 0 Å². The molecule has 37 heavy (non-hydrogen) atoms. The quantitative estimate of drug-likeness (QED) is 0.565. The number of aromatic carboxylic acids is 1. The lowest BCUT2D eigenvalue weighted by Crippen LogP contribution is -2.58. The molecule has 0 radical (unpaired) electrons. The maximum absolute atomic E-state index is 13.9. The van der Waals surface area contributed by atoms with Gasteiger partial charge in [0.1, 0.15) is 0 Å². The lowest BCUT2D eigenvalue weighted by atomic mass is 9.97. The van der Waals surface area contributed by atoms with Crippen LogP contribution in [0.4, 0.5) is 8.78 Å². The number of nitrogens with zero attached hydrogens (tertiary/aromatic N) is 3. The third-order valence-electron chi connectivity index (χ3n) is 7.24. The third kappa shape index (κ3) is 4.34. The van der Waals surface area contributed by atoms with E-state index in [1.807, 2.05) is 0 Å². The van der Waals surface area contributed by atoms with Gasteiger partial charge in [-0.25, -0.2) is 13.6 Å². The van der Waals surface area contributed by atoms with E-state index in [1.165, 1.54) is 12.3 Å². The maximum Gasteiger partial charge on any atom is 0.336 e. The first-order valence-electron chi connectivity index (χ1n) is 12.0. The highest BCUT2D eigenvalue weighted by molar-refractivity contribution is 6.01. The molecule has 1 saturated heterocycles. The molecule has 1 aliphatic carbocycles. The zero-order valence-corrected chi connectivity index (χ0v) is 20.4. The van der Waals surface area contributed by atoms with Gasteiger partial charge in [-0.15, -0.1) is 0 Å². The van der Waals surface area contributed by atoms with Crippen LogP contribution in [0, 0.1) is 25.5 Å². The highest BCUT2D eigenvalue weighted by Crippen LogP contribution is 2.45. The molecule has 0 atom stereocenters. The van der Waals surface area contributed by atoms with Crippen LogP contribution >= 0.6 is 0 Å². The molecule has 1 saturated carbocycles. The Bertz CT molecular complexity index is 1430. The van der Waals surface area contributed by atoms with E-state index in [1.54, 1.807) is 47.9 Å². The first kappa shape index (κ1) is 24.5. The van der Waals surface area contributed by atoms with Gasteiger partial charge in [0.25, 0.3) is 11.8 Å². The number of carboxylic acid groups (broad SMARTS) is 1. The van der Waals surface area contributed by atoms with Crippen molar-refractivity contribution in [2.45, 2.75) is 32.2 Å². The summed E-state index contributed by atoms with van der Waals surface area (Å²) in [5, 5.41) is 9.44. The fraction of sp³-hybridized carbons (Fsp3) is 0.286. The molecular formula is C28H25F2N3O4. The second-order valence-electron chi connectivity index (χ2n) is 9.73. The van der Waals surface area contributed by atoms with Crippen molar-refractivity contribution in [3.05, 3.63) is 88.1 Å². The van der Waals surface area contributed by atoms with Crippen LogP contribution in [0.15, 0.2) is 48.7 Å². The van der Waals surface area contributed by atoms with Gasteiger partial charge in [-0.2, -0.15) is 0 Å². The molecule has 1 spiro atoms. The van der Waals surface area contributed by atoms with Crippen molar-refractivity contribution >= 4 is 17.8 Å². The molecule has 190 valence electrons. The minimum absolute atomic E-state index is 0.184. The van der Waals surface area contributed by atoms with Crippen LogP contribution < -0.4 is 0 Å². The molecule has 3 aromatic rings. The second-order valence-corrected chi connectivity index (χ2v) is 9.73. The zero-order valence-electron chi connectivity index (χ0n) is 20.4. The van der Waals surface area contributed by atoms with E-state index in [2.05, 4.69) is 4.98 Å². The van der Waals surface area contributed by atoms with Crippen LogP contribution in [0.25, 0.3) is 11.3 Å². The molecule has 1 aromatic heterocycles. The summed E-state index contributed by atoms with van der Waals surface area (Å²) in [5.41, 5.74) is 2.03. The number of aryl methyl sites for hydroxylation is 2. The average molecular weight is 506 g/mol. The topological polar surface area (TPSA) is 90.8 Å². The third-order valence-corrected chi connectivity index (χ3v) is 7.24. The molecule has 0 unspecified atom stereocenters. The number of halogens is 2. The molecule has 2 aliphatic rings. The molecule has 5 rings (SSSR count). The molecule has 1 N–H and O–H groups in total. The lowest BCUT2D eigenvalue weighted by Gasteiger charge is -2.42. The average Bonchev–Trinajstić information content (AvgIpc) is 3.63. The Kier molecular flexibility index (Phi) is 6.01. The van der Waals surface area contributed by atoms with Crippen LogP contribution in [0.3, 0.4) is 0 Å². The summed E-state index contributed by atoms with van der Waals surface area (Å²) in [4.78, 5) is 46.3. The molecule has 7 nitrogen and oxygen atoms in total. The Hall–Kier alpha value is -4.14. The number of hydrogen-bond acceptors (Lipinski definition) is 4. The van der Waals surface area contributed by atoms with Gasteiger partial charge < -0.3 is 14.9 Å². The minimum atomic E-state index is -1.03. The number of pyridine rings is 1. The number of piperazine rings is 1. The van der Waals surface area contributed by atoms with Crippen LogP contribution in [-0.4, -0.2) is 62.8 Å². The van der Waals surface area contributed by atoms with Crippen LogP contribution in [-0.2, 0) is 0 Å². The van der Waals surface area contributed by atoms with Gasteiger partial charge in [0.05, 0.1) is 22.4 Å². The van der Waals surface area contributed by atoms with Crippen molar-refractivity contribution in [2.24, 2.45) is 0 Å². The predicted molar refractivity (Wildman–Crippen MR) is 131 cm³/mol. The van der Waals surface area contributed by atoms with Crippen molar-refractivity contribution in [2.75, 3.05) is 19.6 Å². The monoisotopic (exact) mass is 505 g/mol. The van der Waals surface area contributed by atoms with Gasteiger partial charge >= 0.3 is 5.97 Å². The van der Waals surface area contributed by atoms with Crippen molar-refractivity contribution in [1.29, 1.82) is 0 Å². The number of carboxylic acids is 1. The number of aromatic nitrogens is 1. The number of rotatable bonds is 4. The molecular weight excluding hydrogens is 480 g/mol. The highest BCUT2D eigenvalue weighted by atomic mass is 19.2. The Morgan fingerprint density at radius 1 is 0.946 bits per heavy atom. The van der Waals surface area contributed by atoms with E-state index in [4.69, 9.17) is 0 Å². The number of amides is 2. The number of hydrogen-bond donors (Lipinski definition) is 1. The SMILES string of the molecule is Cc1cc(C(=O)N2CCN(C(=O)c3cccnc3-c3ccc(F)c(F)c3)CC23CC3)cc(C)c1C(=O)O. The molecule has 1 aliphatic heterocycles. The van der Waals surface area contributed by atoms with Crippen LogP contribution in [0.5, 0.6) is 0 Å². The van der Waals surface area contributed by atoms with Crippen LogP contribution in [0.2, 0.25) is 0 Å². The van der Waals surface area contributed by atoms with Gasteiger partial charge in [0, 0.05) is 37.0 Å². The van der Waals surface area contributed by atoms with Crippen molar-refractivity contribution in [3.8, 4) is 11.3 Å². The van der Waals surface area contributed by atoms with E-state index < -0.39 is 23.1 Å². The van der Waals surface area contributed by atoms with Crippen molar-refractivity contribution in [1.82, 2.24) is 14.8 Å². The van der Waals surface area contributed by atoms with Gasteiger partial charge in [0.15, 0.2) is 11.6 Å². The highest BCUT2D eigenvalue weighted by Gasteiger charge is 2.54. The Balaban J connectivity index is 1.39. The molecule has 2 aromatic carbocycles. The molecule has 0 bridgehead atoms. The largest absolute Gasteiger partial charge is 0.478 e. The lowest BCUT2D eigenvalue weighted by molar-refractivity contribution is 0.0333. The maximum atomic E-state index is 13.9. The number of benzene rings is 2. The van der Waals surface area contributed by atoms with E-state index >= 15 is 0 Å². The Morgan fingerprint density at radius 2 is 1.65 bits per heavy atom. The summed E-state index contributed by atoms with van der Waals surface area (Å²) in [7, 11) is 0. The summed E-state index contributed by atoms with van der Waals surface area (Å²) >= 11 is 0. The Labute approximate surface area is 212 Å². The standard InChI is InChI=1S/C28H25F2N3O4/c1-16-12-19(13-17(2)23(16)27(36)37)25(34)33-11-10-32(15-28(33)7-8-28)26(35)20-4-3-9-31-24(20)18-5-6-21(29)22(30)14-18/h3-6,9,12-14H,7-8,10-11,15H2,1-2H3,(H,36,37). The van der Waals surface area contributed by atoms with E-state index in [0.29, 0.717) is 41.9 Å². The van der Waals surface area contributed by atoms with Crippen molar-refractivity contribution in [3.63, 3.8) is 0 Å².